The molecule has 0 fully saturated rings. The van der Waals surface area contributed by atoms with Gasteiger partial charge in [-0.3, -0.25) is 0 Å². The van der Waals surface area contributed by atoms with Crippen LogP contribution in [0.3, 0.4) is 0 Å². The van der Waals surface area contributed by atoms with E-state index in [0.29, 0.717) is 10.5 Å². The Bertz CT molecular complexity index is 481. The Morgan fingerprint density at radius 3 is 2.64 bits per heavy atom. The van der Waals surface area contributed by atoms with Crippen LogP contribution in [0, 0.1) is 6.92 Å². The Kier molecular flexibility index (Phi) is 2.22. The van der Waals surface area contributed by atoms with Crippen LogP contribution in [0.1, 0.15) is 5.56 Å². The van der Waals surface area contributed by atoms with Crippen LogP contribution < -0.4 is 10.5 Å². The van der Waals surface area contributed by atoms with Crippen LogP contribution in [0.25, 0.3) is 10.1 Å². The number of rotatable bonds is 1. The smallest absolute Gasteiger partial charge is 0.423 e. The number of thiophene rings is 1. The Morgan fingerprint density at radius 1 is 1.29 bits per heavy atom. The van der Waals surface area contributed by atoms with E-state index >= 15 is 0 Å². The number of benzene rings is 1. The van der Waals surface area contributed by atoms with E-state index in [9.17, 15) is 0 Å². The molecule has 2 rings (SSSR count). The van der Waals surface area contributed by atoms with Crippen molar-refractivity contribution in [3.63, 3.8) is 0 Å². The van der Waals surface area contributed by atoms with E-state index in [2.05, 4.69) is 0 Å². The molecule has 0 saturated heterocycles. The molecule has 72 valence electrons. The average Bonchev–Trinajstić information content (AvgIpc) is 2.47. The molecule has 0 spiro atoms. The molecule has 0 saturated carbocycles. The Morgan fingerprint density at radius 2 is 2.00 bits per heavy atom. The van der Waals surface area contributed by atoms with Crippen LogP contribution in [0.15, 0.2) is 18.2 Å². The van der Waals surface area contributed by atoms with Crippen LogP contribution >= 0.6 is 11.3 Å². The molecule has 0 atom stereocenters. The fourth-order valence-electron chi connectivity index (χ4n) is 1.48. The molecule has 14 heavy (non-hydrogen) atoms. The van der Waals surface area contributed by atoms with Gasteiger partial charge in [-0.15, -0.1) is 11.3 Å². The van der Waals surface area contributed by atoms with Gasteiger partial charge in [0.05, 0.1) is 4.70 Å². The van der Waals surface area contributed by atoms with E-state index in [1.54, 1.807) is 6.07 Å². The maximum Gasteiger partial charge on any atom is 0.499 e. The van der Waals surface area contributed by atoms with Crippen molar-refractivity contribution in [2.75, 3.05) is 5.73 Å². The molecule has 0 aliphatic heterocycles. The quantitative estimate of drug-likeness (QED) is 0.470. The molecular formula is C9H10BNO2S. The average molecular weight is 207 g/mol. The zero-order chi connectivity index (χ0) is 10.3. The largest absolute Gasteiger partial charge is 0.499 e. The van der Waals surface area contributed by atoms with Gasteiger partial charge in [-0.1, -0.05) is 6.07 Å². The predicted octanol–water partition coefficient (Wildman–Crippen LogP) is 0.472. The van der Waals surface area contributed by atoms with Crippen molar-refractivity contribution in [3.8, 4) is 0 Å². The summed E-state index contributed by atoms with van der Waals surface area (Å²) >= 11 is 1.32. The normalized spacial score (nSPS) is 10.8. The van der Waals surface area contributed by atoms with Crippen molar-refractivity contribution < 1.29 is 10.0 Å². The minimum Gasteiger partial charge on any atom is -0.423 e. The molecule has 0 unspecified atom stereocenters. The first-order chi connectivity index (χ1) is 6.58. The maximum atomic E-state index is 9.01. The van der Waals surface area contributed by atoms with Crippen molar-refractivity contribution in [3.05, 3.63) is 23.8 Å². The molecule has 2 aromatic rings. The van der Waals surface area contributed by atoms with E-state index in [1.165, 1.54) is 11.3 Å². The summed E-state index contributed by atoms with van der Waals surface area (Å²) in [5, 5.41) is 19.0. The van der Waals surface area contributed by atoms with Gasteiger partial charge < -0.3 is 15.8 Å². The van der Waals surface area contributed by atoms with Gasteiger partial charge in [0, 0.05) is 10.5 Å². The van der Waals surface area contributed by atoms with E-state index in [4.69, 9.17) is 15.8 Å². The van der Waals surface area contributed by atoms with Crippen LogP contribution in [0.2, 0.25) is 0 Å². The van der Waals surface area contributed by atoms with E-state index in [1.807, 2.05) is 19.1 Å². The van der Waals surface area contributed by atoms with Crippen LogP contribution in [0.5, 0.6) is 0 Å². The summed E-state index contributed by atoms with van der Waals surface area (Å²) in [6.07, 6.45) is 0. The van der Waals surface area contributed by atoms with Gasteiger partial charge >= 0.3 is 7.12 Å². The first-order valence-electron chi connectivity index (χ1n) is 4.23. The number of hydrogen-bond donors (Lipinski definition) is 3. The Hall–Kier alpha value is -1.04. The zero-order valence-corrected chi connectivity index (χ0v) is 8.51. The lowest BCUT2D eigenvalue weighted by Crippen LogP contribution is -2.26. The molecule has 0 amide bonds. The molecule has 3 nitrogen and oxygen atoms in total. The minimum atomic E-state index is -1.41. The molecule has 0 bridgehead atoms. The third-order valence-electron chi connectivity index (χ3n) is 2.06. The maximum absolute atomic E-state index is 9.01. The lowest BCUT2D eigenvalue weighted by Gasteiger charge is -1.97. The van der Waals surface area contributed by atoms with Gasteiger partial charge in [0.25, 0.3) is 0 Å². The van der Waals surface area contributed by atoms with Crippen LogP contribution in [-0.2, 0) is 0 Å². The van der Waals surface area contributed by atoms with Crippen LogP contribution in [-0.4, -0.2) is 17.2 Å². The first kappa shape index (κ1) is 9.52. The van der Waals surface area contributed by atoms with Gasteiger partial charge in [-0.25, -0.2) is 0 Å². The monoisotopic (exact) mass is 207 g/mol. The summed E-state index contributed by atoms with van der Waals surface area (Å²) < 4.78 is 1.44. The number of aryl methyl sites for hydroxylation is 1. The van der Waals surface area contributed by atoms with Gasteiger partial charge in [0.1, 0.15) is 0 Å². The summed E-state index contributed by atoms with van der Waals surface area (Å²) in [6, 6.07) is 5.62. The van der Waals surface area contributed by atoms with E-state index < -0.39 is 7.12 Å². The highest BCUT2D eigenvalue weighted by molar-refractivity contribution is 7.28. The Balaban J connectivity index is 2.70. The minimum absolute atomic E-state index is 0.525. The second kappa shape index (κ2) is 3.27. The summed E-state index contributed by atoms with van der Waals surface area (Å²) in [4.78, 5) is 0. The third-order valence-corrected chi connectivity index (χ3v) is 3.30. The third kappa shape index (κ3) is 1.50. The lowest BCUT2D eigenvalue weighted by molar-refractivity contribution is 0.427. The number of fused-ring (bicyclic) bond motifs is 1. The number of nitrogen functional groups attached to an aromatic ring is 1. The summed E-state index contributed by atoms with van der Waals surface area (Å²) in [5.41, 5.74) is 7.58. The number of nitrogens with two attached hydrogens (primary N) is 1. The van der Waals surface area contributed by atoms with Crippen LogP contribution in [0.4, 0.5) is 5.69 Å². The SMILES string of the molecule is Cc1cc(N)c2sc(B(O)O)cc2c1. The molecule has 4 N–H and O–H groups in total. The van der Waals surface area contributed by atoms with E-state index in [-0.39, 0.29) is 0 Å². The van der Waals surface area contributed by atoms with Gasteiger partial charge in [0.2, 0.25) is 0 Å². The molecule has 5 heteroatoms. The fourth-order valence-corrected chi connectivity index (χ4v) is 2.42. The molecule has 1 aromatic carbocycles. The summed E-state index contributed by atoms with van der Waals surface area (Å²) in [6.45, 7) is 1.96. The van der Waals surface area contributed by atoms with Crippen molar-refractivity contribution in [1.29, 1.82) is 0 Å². The molecular weight excluding hydrogens is 197 g/mol. The number of hydrogen-bond acceptors (Lipinski definition) is 4. The summed E-state index contributed by atoms with van der Waals surface area (Å²) in [5.74, 6) is 0. The summed E-state index contributed by atoms with van der Waals surface area (Å²) in [7, 11) is -1.41. The van der Waals surface area contributed by atoms with Gasteiger partial charge in [0.15, 0.2) is 0 Å². The van der Waals surface area contributed by atoms with Crippen molar-refractivity contribution in [2.24, 2.45) is 0 Å². The molecule has 1 heterocycles. The first-order valence-corrected chi connectivity index (χ1v) is 5.05. The number of anilines is 1. The highest BCUT2D eigenvalue weighted by Gasteiger charge is 2.15. The topological polar surface area (TPSA) is 66.5 Å². The van der Waals surface area contributed by atoms with Gasteiger partial charge in [-0.05, 0) is 30.0 Å². The highest BCUT2D eigenvalue weighted by atomic mass is 32.1. The van der Waals surface area contributed by atoms with Gasteiger partial charge in [-0.2, -0.15) is 0 Å². The molecule has 1 aromatic heterocycles. The standard InChI is InChI=1S/C9H10BNO2S/c1-5-2-6-4-8(10(12)13)14-9(6)7(11)3-5/h2-4,12-13H,11H2,1H3. The molecule has 0 radical (unpaired) electrons. The molecule has 0 aliphatic rings. The van der Waals surface area contributed by atoms with Crippen molar-refractivity contribution in [2.45, 2.75) is 6.92 Å². The van der Waals surface area contributed by atoms with Crippen molar-refractivity contribution >= 4 is 39.0 Å². The van der Waals surface area contributed by atoms with E-state index in [0.717, 1.165) is 15.6 Å². The predicted molar refractivity (Wildman–Crippen MR) is 60.8 cm³/mol. The second-order valence-electron chi connectivity index (χ2n) is 3.29. The fraction of sp³-hybridized carbons (Fsp3) is 0.111. The highest BCUT2D eigenvalue weighted by Crippen LogP contribution is 2.26. The molecule has 0 aliphatic carbocycles. The second-order valence-corrected chi connectivity index (χ2v) is 4.38. The van der Waals surface area contributed by atoms with Crippen molar-refractivity contribution in [1.82, 2.24) is 0 Å². The zero-order valence-electron chi connectivity index (χ0n) is 7.69. The lowest BCUT2D eigenvalue weighted by atomic mass is 9.89. The Labute approximate surface area is 85.9 Å².